The van der Waals surface area contributed by atoms with Crippen LogP contribution < -0.4 is 0 Å². The predicted molar refractivity (Wildman–Crippen MR) is 129 cm³/mol. The molecule has 0 unspecified atom stereocenters. The maximum atomic E-state index is 9.70. The Bertz CT molecular complexity index is 842. The van der Waals surface area contributed by atoms with Crippen molar-refractivity contribution in [3.8, 4) is 5.75 Å². The summed E-state index contributed by atoms with van der Waals surface area (Å²) in [5.74, 6) is 1.70. The van der Waals surface area contributed by atoms with E-state index in [9.17, 15) is 10.2 Å². The minimum Gasteiger partial charge on any atom is -0.508 e. The van der Waals surface area contributed by atoms with Crippen LogP contribution in [-0.2, 0) is 24.4 Å². The first kappa shape index (κ1) is 23.3. The number of piperidine rings is 3. The lowest BCUT2D eigenvalue weighted by Gasteiger charge is -2.49. The zero-order valence-corrected chi connectivity index (χ0v) is 19.6. The summed E-state index contributed by atoms with van der Waals surface area (Å²) < 4.78 is 7.36. The van der Waals surface area contributed by atoms with Crippen molar-refractivity contribution in [3.63, 3.8) is 0 Å². The molecule has 3 heterocycles. The number of aliphatic hydroxyl groups is 1. The topological polar surface area (TPSA) is 49.7 Å². The first-order valence-corrected chi connectivity index (χ1v) is 12.5. The van der Waals surface area contributed by atoms with Gasteiger partial charge in [-0.15, -0.1) is 0 Å². The number of benzene rings is 2. The van der Waals surface area contributed by atoms with Gasteiger partial charge in [0.15, 0.2) is 0 Å². The van der Waals surface area contributed by atoms with Gasteiger partial charge >= 0.3 is 0 Å². The van der Waals surface area contributed by atoms with Crippen LogP contribution in [0.15, 0.2) is 42.5 Å². The Balaban J connectivity index is 1.17. The van der Waals surface area contributed by atoms with Crippen molar-refractivity contribution in [2.45, 2.75) is 64.6 Å². The molecular weight excluding hydrogens is 398 g/mol. The van der Waals surface area contributed by atoms with Gasteiger partial charge in [0.2, 0.25) is 0 Å². The molecule has 2 N–H and O–H groups in total. The second-order valence-corrected chi connectivity index (χ2v) is 10.2. The fourth-order valence-electron chi connectivity index (χ4n) is 5.56. The Morgan fingerprint density at radius 2 is 1.69 bits per heavy atom. The normalized spacial score (nSPS) is 23.4. The number of phenols is 1. The Labute approximate surface area is 193 Å². The van der Waals surface area contributed by atoms with Crippen molar-refractivity contribution in [2.24, 2.45) is 5.92 Å². The van der Waals surface area contributed by atoms with Crippen molar-refractivity contribution in [3.05, 3.63) is 64.7 Å². The molecule has 4 heteroatoms. The second kappa shape index (κ2) is 10.8. The molecule has 0 aliphatic carbocycles. The number of ether oxygens (including phenoxy) is 1. The zero-order valence-electron chi connectivity index (χ0n) is 19.6. The number of rotatable bonds is 11. The fourth-order valence-corrected chi connectivity index (χ4v) is 5.56. The number of aromatic hydroxyl groups is 1. The van der Waals surface area contributed by atoms with Gasteiger partial charge in [-0.2, -0.15) is 0 Å². The van der Waals surface area contributed by atoms with Gasteiger partial charge in [-0.1, -0.05) is 37.3 Å². The van der Waals surface area contributed by atoms with Crippen molar-refractivity contribution in [2.75, 3.05) is 32.8 Å². The number of quaternary nitrogens is 1. The first-order valence-electron chi connectivity index (χ1n) is 12.5. The number of fused-ring (bicyclic) bond motifs is 3. The average Bonchev–Trinajstić information content (AvgIpc) is 2.84. The van der Waals surface area contributed by atoms with E-state index in [1.54, 1.807) is 6.07 Å². The largest absolute Gasteiger partial charge is 0.508 e. The zero-order chi connectivity index (χ0) is 22.4. The number of hydrogen-bond donors (Lipinski definition) is 2. The quantitative estimate of drug-likeness (QED) is 0.376. The molecule has 0 spiro atoms. The van der Waals surface area contributed by atoms with Crippen molar-refractivity contribution >= 4 is 0 Å². The van der Waals surface area contributed by atoms with Crippen LogP contribution in [0.5, 0.6) is 5.75 Å². The third-order valence-electron chi connectivity index (χ3n) is 7.98. The van der Waals surface area contributed by atoms with Crippen LogP contribution in [0.4, 0.5) is 0 Å². The maximum absolute atomic E-state index is 9.70. The highest BCUT2D eigenvalue weighted by Gasteiger charge is 2.39. The monoisotopic (exact) mass is 438 g/mol. The Hall–Kier alpha value is -1.88. The molecule has 3 saturated heterocycles. The van der Waals surface area contributed by atoms with Gasteiger partial charge < -0.3 is 19.4 Å². The first-order chi connectivity index (χ1) is 15.6. The van der Waals surface area contributed by atoms with Gasteiger partial charge in [0.05, 0.1) is 39.5 Å². The van der Waals surface area contributed by atoms with E-state index < -0.39 is 0 Å². The molecule has 0 saturated carbocycles. The summed E-state index contributed by atoms with van der Waals surface area (Å²) in [5, 5.41) is 19.0. The van der Waals surface area contributed by atoms with E-state index in [4.69, 9.17) is 4.74 Å². The smallest absolute Gasteiger partial charge is 0.121 e. The number of aliphatic hydroxyl groups excluding tert-OH is 1. The summed E-state index contributed by atoms with van der Waals surface area (Å²) in [5.41, 5.74) is 4.42. The minimum absolute atomic E-state index is 0.118. The van der Waals surface area contributed by atoms with Gasteiger partial charge in [0.1, 0.15) is 12.3 Å². The van der Waals surface area contributed by atoms with Gasteiger partial charge in [0, 0.05) is 5.56 Å². The summed E-state index contributed by atoms with van der Waals surface area (Å²) >= 11 is 0. The van der Waals surface area contributed by atoms with Crippen LogP contribution in [0.1, 0.15) is 67.2 Å². The Morgan fingerprint density at radius 1 is 1.00 bits per heavy atom. The van der Waals surface area contributed by atoms with Crippen LogP contribution in [0, 0.1) is 5.92 Å². The highest BCUT2D eigenvalue weighted by atomic mass is 16.5. The Kier molecular flexibility index (Phi) is 7.88. The summed E-state index contributed by atoms with van der Waals surface area (Å²) in [6, 6.07) is 14.5. The summed E-state index contributed by atoms with van der Waals surface area (Å²) in [4.78, 5) is 0. The SMILES string of the molecule is C[C@@H](CCCc1ccc(O)c(CO)c1)c1ccc(COCC[N+]23CCC(CC2)CC3)cc1. The number of aryl methyl sites for hydroxylation is 1. The van der Waals surface area contributed by atoms with Gasteiger partial charge in [-0.05, 0) is 79.2 Å². The molecule has 32 heavy (non-hydrogen) atoms. The standard InChI is InChI=1S/C28H39NO3/c1-22(3-2-4-24-7-10-28(31)27(19-24)20-30)26-8-5-25(6-9-26)21-32-18-17-29-14-11-23(12-15-29)13-16-29/h5-10,19,22-23,30H,2-4,11-18,20-21H2,1H3/p+1/t22-,23?,29?/m0/s1. The lowest BCUT2D eigenvalue weighted by molar-refractivity contribution is -0.943. The average molecular weight is 439 g/mol. The third-order valence-corrected chi connectivity index (χ3v) is 7.98. The van der Waals surface area contributed by atoms with Crippen LogP contribution >= 0.6 is 0 Å². The van der Waals surface area contributed by atoms with Crippen LogP contribution in [0.25, 0.3) is 0 Å². The van der Waals surface area contributed by atoms with Crippen molar-refractivity contribution in [1.29, 1.82) is 0 Å². The molecule has 2 aromatic rings. The fraction of sp³-hybridized carbons (Fsp3) is 0.571. The van der Waals surface area contributed by atoms with Gasteiger partial charge in [-0.25, -0.2) is 0 Å². The van der Waals surface area contributed by atoms with E-state index in [-0.39, 0.29) is 12.4 Å². The molecule has 0 radical (unpaired) electrons. The summed E-state index contributed by atoms with van der Waals surface area (Å²) in [7, 11) is 0. The highest BCUT2D eigenvalue weighted by Crippen LogP contribution is 2.33. The van der Waals surface area contributed by atoms with E-state index in [0.717, 1.165) is 31.8 Å². The van der Waals surface area contributed by atoms with Gasteiger partial charge in [-0.3, -0.25) is 0 Å². The molecule has 3 fully saturated rings. The van der Waals surface area contributed by atoms with Crippen molar-refractivity contribution in [1.82, 2.24) is 0 Å². The molecule has 0 amide bonds. The molecule has 1 atom stereocenters. The molecule has 5 rings (SSSR count). The third kappa shape index (κ3) is 5.92. The number of nitrogens with zero attached hydrogens (tertiary/aromatic N) is 1. The molecule has 174 valence electrons. The molecule has 3 aliphatic heterocycles. The van der Waals surface area contributed by atoms with Gasteiger partial charge in [0.25, 0.3) is 0 Å². The number of hydrogen-bond acceptors (Lipinski definition) is 3. The summed E-state index contributed by atoms with van der Waals surface area (Å²) in [6.07, 6.45) is 7.45. The lowest BCUT2D eigenvalue weighted by Crippen LogP contribution is -2.59. The van der Waals surface area contributed by atoms with Crippen LogP contribution in [0.3, 0.4) is 0 Å². The molecule has 2 bridgehead atoms. The lowest BCUT2D eigenvalue weighted by atomic mass is 9.86. The van der Waals surface area contributed by atoms with E-state index in [0.29, 0.717) is 18.1 Å². The van der Waals surface area contributed by atoms with E-state index in [1.807, 2.05) is 12.1 Å². The van der Waals surface area contributed by atoms with E-state index in [1.165, 1.54) is 66.6 Å². The Morgan fingerprint density at radius 3 is 2.38 bits per heavy atom. The van der Waals surface area contributed by atoms with Crippen LogP contribution in [0.2, 0.25) is 0 Å². The minimum atomic E-state index is -0.118. The highest BCUT2D eigenvalue weighted by molar-refractivity contribution is 5.35. The maximum Gasteiger partial charge on any atom is 0.121 e. The molecular formula is C28H40NO3+. The molecule has 2 aromatic carbocycles. The molecule has 0 aromatic heterocycles. The summed E-state index contributed by atoms with van der Waals surface area (Å²) in [6.45, 7) is 9.05. The molecule has 4 nitrogen and oxygen atoms in total. The van der Waals surface area contributed by atoms with Crippen molar-refractivity contribution < 1.29 is 19.4 Å². The predicted octanol–water partition coefficient (Wildman–Crippen LogP) is 5.16. The molecule has 3 aliphatic rings. The van der Waals surface area contributed by atoms with E-state index in [2.05, 4.69) is 31.2 Å². The van der Waals surface area contributed by atoms with E-state index >= 15 is 0 Å². The van der Waals surface area contributed by atoms with Crippen LogP contribution in [-0.4, -0.2) is 47.5 Å². The second-order valence-electron chi connectivity index (χ2n) is 10.2.